The van der Waals surface area contributed by atoms with Gasteiger partial charge in [0, 0.05) is 10.9 Å². The summed E-state index contributed by atoms with van der Waals surface area (Å²) in [5, 5.41) is 7.76. The van der Waals surface area contributed by atoms with Crippen LogP contribution in [0.15, 0.2) is 59.4 Å². The first-order valence-electron chi connectivity index (χ1n) is 9.38. The number of benzene rings is 2. The summed E-state index contributed by atoms with van der Waals surface area (Å²) in [7, 11) is 0. The van der Waals surface area contributed by atoms with Gasteiger partial charge >= 0.3 is 5.97 Å². The Bertz CT molecular complexity index is 1100. The number of rotatable bonds is 6. The molecule has 1 aromatic heterocycles. The van der Waals surface area contributed by atoms with Crippen LogP contribution in [0.4, 0.5) is 0 Å². The van der Waals surface area contributed by atoms with Crippen molar-refractivity contribution < 1.29 is 14.3 Å². The first-order valence-corrected chi connectivity index (χ1v) is 9.38. The summed E-state index contributed by atoms with van der Waals surface area (Å²) in [5.41, 5.74) is -0.230. The number of carbonyl (C=O) groups is 2. The average molecular weight is 393 g/mol. The molecule has 0 bridgehead atoms. The van der Waals surface area contributed by atoms with E-state index in [9.17, 15) is 14.4 Å². The Labute approximate surface area is 168 Å². The van der Waals surface area contributed by atoms with Crippen LogP contribution in [0.5, 0.6) is 0 Å². The third-order valence-corrected chi connectivity index (χ3v) is 4.70. The van der Waals surface area contributed by atoms with E-state index in [0.29, 0.717) is 16.5 Å². The Morgan fingerprint density at radius 1 is 1.03 bits per heavy atom. The molecule has 0 aliphatic carbocycles. The maximum absolute atomic E-state index is 12.8. The van der Waals surface area contributed by atoms with Gasteiger partial charge in [0.05, 0.1) is 11.1 Å². The lowest BCUT2D eigenvalue weighted by Gasteiger charge is -2.24. The molecule has 0 saturated heterocycles. The third kappa shape index (κ3) is 4.51. The molecule has 7 heteroatoms. The van der Waals surface area contributed by atoms with Gasteiger partial charge in [-0.25, -0.2) is 4.79 Å². The van der Waals surface area contributed by atoms with Gasteiger partial charge in [-0.1, -0.05) is 43.3 Å². The fraction of sp³-hybridized carbons (Fsp3) is 0.273. The maximum atomic E-state index is 12.8. The number of carbonyl (C=O) groups excluding carboxylic acids is 2. The second-order valence-corrected chi connectivity index (χ2v) is 7.31. The zero-order chi connectivity index (χ0) is 21.0. The van der Waals surface area contributed by atoms with Crippen molar-refractivity contribution in [1.82, 2.24) is 15.1 Å². The number of esters is 1. The molecule has 0 saturated carbocycles. The Balaban J connectivity index is 1.94. The van der Waals surface area contributed by atoms with Crippen LogP contribution >= 0.6 is 0 Å². The van der Waals surface area contributed by atoms with E-state index in [4.69, 9.17) is 4.74 Å². The topological polar surface area (TPSA) is 90.3 Å². The van der Waals surface area contributed by atoms with Gasteiger partial charge in [0.2, 0.25) is 0 Å². The van der Waals surface area contributed by atoms with Crippen molar-refractivity contribution in [2.24, 2.45) is 0 Å². The lowest BCUT2D eigenvalue weighted by atomic mass is 10.0. The zero-order valence-electron chi connectivity index (χ0n) is 16.6. The molecule has 0 fully saturated rings. The van der Waals surface area contributed by atoms with Gasteiger partial charge in [-0.3, -0.25) is 9.59 Å². The molecule has 1 heterocycles. The molecule has 3 rings (SSSR count). The summed E-state index contributed by atoms with van der Waals surface area (Å²) < 4.78 is 6.36. The molecule has 7 nitrogen and oxygen atoms in total. The van der Waals surface area contributed by atoms with Crippen LogP contribution < -0.4 is 10.9 Å². The van der Waals surface area contributed by atoms with Crippen molar-refractivity contribution in [1.29, 1.82) is 0 Å². The van der Waals surface area contributed by atoms with Gasteiger partial charge in [0.15, 0.2) is 12.3 Å². The van der Waals surface area contributed by atoms with Crippen LogP contribution in [0.2, 0.25) is 0 Å². The van der Waals surface area contributed by atoms with Crippen molar-refractivity contribution in [3.63, 3.8) is 0 Å². The van der Waals surface area contributed by atoms with E-state index in [1.807, 2.05) is 26.8 Å². The normalized spacial score (nSPS) is 11.3. The van der Waals surface area contributed by atoms with Gasteiger partial charge in [0.1, 0.15) is 0 Å². The molecular formula is C22H23N3O4. The SMILES string of the molecule is CCC(C)(C)NC(=O)COC(=O)c1nn(-c2ccccc2)c(=O)c2ccccc12. The van der Waals surface area contributed by atoms with Crippen molar-refractivity contribution >= 4 is 22.6 Å². The number of amides is 1. The average Bonchev–Trinajstić information content (AvgIpc) is 2.73. The van der Waals surface area contributed by atoms with Crippen molar-refractivity contribution in [3.05, 3.63) is 70.6 Å². The minimum absolute atomic E-state index is 0.0217. The van der Waals surface area contributed by atoms with Gasteiger partial charge < -0.3 is 10.1 Å². The standard InChI is InChI=1S/C22H23N3O4/c1-4-22(2,3)23-18(26)14-29-21(28)19-16-12-8-9-13-17(16)20(27)25(24-19)15-10-6-5-7-11-15/h5-13H,4,14H2,1-3H3,(H,23,26). The fourth-order valence-electron chi connectivity index (χ4n) is 2.79. The van der Waals surface area contributed by atoms with Crippen LogP contribution in [0.25, 0.3) is 16.5 Å². The quantitative estimate of drug-likeness (QED) is 0.651. The molecule has 0 aliphatic heterocycles. The van der Waals surface area contributed by atoms with Crippen molar-refractivity contribution in [2.45, 2.75) is 32.7 Å². The summed E-state index contributed by atoms with van der Waals surface area (Å²) >= 11 is 0. The highest BCUT2D eigenvalue weighted by Gasteiger charge is 2.22. The smallest absolute Gasteiger partial charge is 0.359 e. The summed E-state index contributed by atoms with van der Waals surface area (Å²) in [6.45, 7) is 5.30. The molecule has 0 radical (unpaired) electrons. The van der Waals surface area contributed by atoms with Crippen molar-refractivity contribution in [3.8, 4) is 5.69 Å². The predicted molar refractivity (Wildman–Crippen MR) is 110 cm³/mol. The van der Waals surface area contributed by atoms with Crippen LogP contribution in [-0.2, 0) is 9.53 Å². The lowest BCUT2D eigenvalue weighted by molar-refractivity contribution is -0.125. The first kappa shape index (κ1) is 20.3. The highest BCUT2D eigenvalue weighted by atomic mass is 16.5. The molecule has 2 aromatic carbocycles. The number of hydrogen-bond acceptors (Lipinski definition) is 5. The van der Waals surface area contributed by atoms with Gasteiger partial charge in [-0.15, -0.1) is 0 Å². The largest absolute Gasteiger partial charge is 0.451 e. The molecule has 29 heavy (non-hydrogen) atoms. The van der Waals surface area contributed by atoms with Crippen LogP contribution in [0, 0.1) is 0 Å². The van der Waals surface area contributed by atoms with Crippen LogP contribution in [0.1, 0.15) is 37.7 Å². The minimum Gasteiger partial charge on any atom is -0.451 e. The minimum atomic E-state index is -0.768. The molecule has 0 unspecified atom stereocenters. The first-order chi connectivity index (χ1) is 13.8. The van der Waals surface area contributed by atoms with Gasteiger partial charge in [-0.05, 0) is 38.5 Å². The van der Waals surface area contributed by atoms with E-state index >= 15 is 0 Å². The number of nitrogens with one attached hydrogen (secondary N) is 1. The fourth-order valence-corrected chi connectivity index (χ4v) is 2.79. The second kappa shape index (κ2) is 8.26. The number of ether oxygens (including phenoxy) is 1. The van der Waals surface area contributed by atoms with E-state index < -0.39 is 24.0 Å². The lowest BCUT2D eigenvalue weighted by Crippen LogP contribution is -2.44. The van der Waals surface area contributed by atoms with E-state index in [1.54, 1.807) is 48.5 Å². The number of para-hydroxylation sites is 1. The number of aromatic nitrogens is 2. The highest BCUT2D eigenvalue weighted by Crippen LogP contribution is 2.16. The Hall–Kier alpha value is -3.48. The van der Waals surface area contributed by atoms with Crippen molar-refractivity contribution in [2.75, 3.05) is 6.61 Å². The number of nitrogens with zero attached hydrogens (tertiary/aromatic N) is 2. The van der Waals surface area contributed by atoms with E-state index in [2.05, 4.69) is 10.4 Å². The van der Waals surface area contributed by atoms with Crippen LogP contribution in [0.3, 0.4) is 0 Å². The Morgan fingerprint density at radius 2 is 1.66 bits per heavy atom. The van der Waals surface area contributed by atoms with Gasteiger partial charge in [0.25, 0.3) is 11.5 Å². The zero-order valence-corrected chi connectivity index (χ0v) is 16.6. The monoisotopic (exact) mass is 393 g/mol. The Morgan fingerprint density at radius 3 is 2.31 bits per heavy atom. The number of fused-ring (bicyclic) bond motifs is 1. The Kier molecular flexibility index (Phi) is 5.77. The predicted octanol–water partition coefficient (Wildman–Crippen LogP) is 2.85. The van der Waals surface area contributed by atoms with E-state index in [-0.39, 0.29) is 11.3 Å². The summed E-state index contributed by atoms with van der Waals surface area (Å²) in [6.07, 6.45) is 0.737. The molecule has 0 aliphatic rings. The van der Waals surface area contributed by atoms with E-state index in [1.165, 1.54) is 4.68 Å². The number of hydrogen-bond donors (Lipinski definition) is 1. The molecular weight excluding hydrogens is 370 g/mol. The highest BCUT2D eigenvalue weighted by molar-refractivity contribution is 6.02. The molecule has 3 aromatic rings. The maximum Gasteiger partial charge on any atom is 0.359 e. The van der Waals surface area contributed by atoms with E-state index in [0.717, 1.165) is 6.42 Å². The molecule has 150 valence electrons. The summed E-state index contributed by atoms with van der Waals surface area (Å²) in [5.74, 6) is -1.17. The summed E-state index contributed by atoms with van der Waals surface area (Å²) in [4.78, 5) is 37.7. The van der Waals surface area contributed by atoms with Crippen LogP contribution in [-0.4, -0.2) is 33.8 Å². The molecule has 1 amide bonds. The molecule has 1 N–H and O–H groups in total. The molecule has 0 atom stereocenters. The van der Waals surface area contributed by atoms with Gasteiger partial charge in [-0.2, -0.15) is 9.78 Å². The molecule has 0 spiro atoms. The summed E-state index contributed by atoms with van der Waals surface area (Å²) in [6, 6.07) is 15.5. The second-order valence-electron chi connectivity index (χ2n) is 7.31. The third-order valence-electron chi connectivity index (χ3n) is 4.70.